The summed E-state index contributed by atoms with van der Waals surface area (Å²) in [5.74, 6) is 1.70. The van der Waals surface area contributed by atoms with Gasteiger partial charge in [0.15, 0.2) is 5.82 Å². The van der Waals surface area contributed by atoms with E-state index < -0.39 is 0 Å². The Labute approximate surface area is 135 Å². The fourth-order valence-electron chi connectivity index (χ4n) is 1.83. The zero-order valence-electron chi connectivity index (χ0n) is 13.1. The van der Waals surface area contributed by atoms with Crippen molar-refractivity contribution >= 4 is 29.1 Å². The second kappa shape index (κ2) is 7.26. The molecule has 0 saturated carbocycles. The summed E-state index contributed by atoms with van der Waals surface area (Å²) in [5, 5.41) is 15.0. The standard InChI is InChI=1S/C15H20ClN5O/c1-5-10(3)18-14-8-17-21-15(20-14)19-12-6-9(2)11(16)7-13(12)22-4/h6-8,10H,5H2,1-4H3,(H2,18,19,20,21). The number of benzene rings is 1. The van der Waals surface area contributed by atoms with Crippen molar-refractivity contribution in [1.29, 1.82) is 0 Å². The average molecular weight is 322 g/mol. The van der Waals surface area contributed by atoms with Crippen LogP contribution < -0.4 is 15.4 Å². The highest BCUT2D eigenvalue weighted by molar-refractivity contribution is 6.31. The number of rotatable bonds is 6. The number of anilines is 3. The lowest BCUT2D eigenvalue weighted by atomic mass is 10.2. The number of hydrogen-bond acceptors (Lipinski definition) is 6. The van der Waals surface area contributed by atoms with E-state index in [0.717, 1.165) is 17.7 Å². The van der Waals surface area contributed by atoms with Gasteiger partial charge >= 0.3 is 0 Å². The molecule has 2 aromatic rings. The fourth-order valence-corrected chi connectivity index (χ4v) is 1.98. The lowest BCUT2D eigenvalue weighted by Gasteiger charge is -2.14. The molecule has 0 saturated heterocycles. The number of aryl methyl sites for hydroxylation is 1. The van der Waals surface area contributed by atoms with Crippen LogP contribution in [0.25, 0.3) is 0 Å². The van der Waals surface area contributed by atoms with Gasteiger partial charge in [0.05, 0.1) is 19.0 Å². The number of hydrogen-bond donors (Lipinski definition) is 2. The predicted molar refractivity (Wildman–Crippen MR) is 89.2 cm³/mol. The van der Waals surface area contributed by atoms with Crippen LogP contribution in [0.1, 0.15) is 25.8 Å². The number of nitrogens with zero attached hydrogens (tertiary/aromatic N) is 3. The molecule has 118 valence electrons. The third kappa shape index (κ3) is 3.98. The van der Waals surface area contributed by atoms with E-state index in [1.807, 2.05) is 13.0 Å². The van der Waals surface area contributed by atoms with Crippen molar-refractivity contribution in [3.05, 3.63) is 28.9 Å². The molecule has 0 aliphatic rings. The molecule has 0 spiro atoms. The summed E-state index contributed by atoms with van der Waals surface area (Å²) in [7, 11) is 1.59. The van der Waals surface area contributed by atoms with E-state index in [9.17, 15) is 0 Å². The molecule has 2 N–H and O–H groups in total. The first-order valence-electron chi connectivity index (χ1n) is 7.11. The Balaban J connectivity index is 2.24. The van der Waals surface area contributed by atoms with Crippen molar-refractivity contribution < 1.29 is 4.74 Å². The second-order valence-corrected chi connectivity index (χ2v) is 5.45. The van der Waals surface area contributed by atoms with Crippen LogP contribution in [0.5, 0.6) is 5.75 Å². The Hall–Kier alpha value is -2.08. The number of aromatic nitrogens is 3. The van der Waals surface area contributed by atoms with E-state index in [1.54, 1.807) is 19.4 Å². The first kappa shape index (κ1) is 16.3. The third-order valence-electron chi connectivity index (χ3n) is 3.29. The molecule has 0 aliphatic carbocycles. The Kier molecular flexibility index (Phi) is 5.38. The van der Waals surface area contributed by atoms with E-state index in [1.165, 1.54) is 0 Å². The minimum absolute atomic E-state index is 0.317. The molecule has 1 aromatic heterocycles. The normalized spacial score (nSPS) is 11.9. The SMILES string of the molecule is CCC(C)Nc1cnnc(Nc2cc(C)c(Cl)cc2OC)n1. The lowest BCUT2D eigenvalue weighted by Crippen LogP contribution is -2.15. The highest BCUT2D eigenvalue weighted by atomic mass is 35.5. The summed E-state index contributed by atoms with van der Waals surface area (Å²) in [6.45, 7) is 6.11. The molecule has 0 fully saturated rings. The van der Waals surface area contributed by atoms with E-state index in [2.05, 4.69) is 39.7 Å². The van der Waals surface area contributed by atoms with Crippen molar-refractivity contribution in [2.75, 3.05) is 17.7 Å². The van der Waals surface area contributed by atoms with Gasteiger partial charge in [0.2, 0.25) is 5.95 Å². The highest BCUT2D eigenvalue weighted by Gasteiger charge is 2.10. The predicted octanol–water partition coefficient (Wildman–Crippen LogP) is 3.80. The molecule has 22 heavy (non-hydrogen) atoms. The number of ether oxygens (including phenoxy) is 1. The molecule has 0 bridgehead atoms. The van der Waals surface area contributed by atoms with Gasteiger partial charge < -0.3 is 15.4 Å². The minimum Gasteiger partial charge on any atom is -0.495 e. The molecular weight excluding hydrogens is 302 g/mol. The van der Waals surface area contributed by atoms with Crippen molar-refractivity contribution in [1.82, 2.24) is 15.2 Å². The van der Waals surface area contributed by atoms with Crippen molar-refractivity contribution in [2.45, 2.75) is 33.2 Å². The van der Waals surface area contributed by atoms with E-state index in [-0.39, 0.29) is 0 Å². The molecule has 1 heterocycles. The van der Waals surface area contributed by atoms with Crippen LogP contribution in [0.15, 0.2) is 18.3 Å². The first-order chi connectivity index (χ1) is 10.5. The summed E-state index contributed by atoms with van der Waals surface area (Å²) >= 11 is 6.10. The monoisotopic (exact) mass is 321 g/mol. The third-order valence-corrected chi connectivity index (χ3v) is 3.70. The minimum atomic E-state index is 0.317. The first-order valence-corrected chi connectivity index (χ1v) is 7.48. The van der Waals surface area contributed by atoms with Crippen LogP contribution >= 0.6 is 11.6 Å². The van der Waals surface area contributed by atoms with E-state index in [0.29, 0.717) is 28.6 Å². The highest BCUT2D eigenvalue weighted by Crippen LogP contribution is 2.32. The number of nitrogens with one attached hydrogen (secondary N) is 2. The van der Waals surface area contributed by atoms with Gasteiger partial charge in [0.1, 0.15) is 5.75 Å². The summed E-state index contributed by atoms with van der Waals surface area (Å²) < 4.78 is 5.33. The molecular formula is C15H20ClN5O. The van der Waals surface area contributed by atoms with Crippen LogP contribution in [0.2, 0.25) is 5.02 Å². The van der Waals surface area contributed by atoms with E-state index >= 15 is 0 Å². The Morgan fingerprint density at radius 3 is 2.82 bits per heavy atom. The van der Waals surface area contributed by atoms with Crippen LogP contribution in [0, 0.1) is 6.92 Å². The Bertz CT molecular complexity index is 650. The molecule has 1 aromatic carbocycles. The molecule has 6 nitrogen and oxygen atoms in total. The van der Waals surface area contributed by atoms with Gasteiger partial charge in [0, 0.05) is 17.1 Å². The zero-order valence-corrected chi connectivity index (χ0v) is 13.9. The fraction of sp³-hybridized carbons (Fsp3) is 0.400. The summed E-state index contributed by atoms with van der Waals surface area (Å²) in [6.07, 6.45) is 2.60. The maximum absolute atomic E-state index is 6.10. The molecule has 2 rings (SSSR count). The van der Waals surface area contributed by atoms with Crippen LogP contribution in [0.3, 0.4) is 0 Å². The van der Waals surface area contributed by atoms with Gasteiger partial charge in [-0.15, -0.1) is 5.10 Å². The maximum atomic E-state index is 6.10. The van der Waals surface area contributed by atoms with Gasteiger partial charge in [-0.25, -0.2) is 0 Å². The summed E-state index contributed by atoms with van der Waals surface area (Å²) in [4.78, 5) is 4.40. The second-order valence-electron chi connectivity index (χ2n) is 5.05. The Morgan fingerprint density at radius 2 is 2.14 bits per heavy atom. The molecule has 7 heteroatoms. The van der Waals surface area contributed by atoms with Crippen molar-refractivity contribution in [2.24, 2.45) is 0 Å². The Morgan fingerprint density at radius 1 is 1.36 bits per heavy atom. The summed E-state index contributed by atoms with van der Waals surface area (Å²) in [5.41, 5.74) is 1.68. The van der Waals surface area contributed by atoms with Gasteiger partial charge in [-0.1, -0.05) is 18.5 Å². The molecule has 0 amide bonds. The number of methoxy groups -OCH3 is 1. The van der Waals surface area contributed by atoms with Gasteiger partial charge in [-0.2, -0.15) is 10.1 Å². The topological polar surface area (TPSA) is 72.0 Å². The van der Waals surface area contributed by atoms with E-state index in [4.69, 9.17) is 16.3 Å². The van der Waals surface area contributed by atoms with Crippen LogP contribution in [-0.2, 0) is 0 Å². The summed E-state index contributed by atoms with van der Waals surface area (Å²) in [6, 6.07) is 3.96. The van der Waals surface area contributed by atoms with Crippen molar-refractivity contribution in [3.63, 3.8) is 0 Å². The quantitative estimate of drug-likeness (QED) is 0.843. The van der Waals surface area contributed by atoms with Gasteiger partial charge in [-0.05, 0) is 31.9 Å². The van der Waals surface area contributed by atoms with Crippen LogP contribution in [0.4, 0.5) is 17.5 Å². The zero-order chi connectivity index (χ0) is 16.1. The van der Waals surface area contributed by atoms with Gasteiger partial charge in [0.25, 0.3) is 0 Å². The smallest absolute Gasteiger partial charge is 0.249 e. The largest absolute Gasteiger partial charge is 0.495 e. The van der Waals surface area contributed by atoms with Gasteiger partial charge in [-0.3, -0.25) is 0 Å². The molecule has 1 atom stereocenters. The number of halogens is 1. The molecule has 0 radical (unpaired) electrons. The van der Waals surface area contributed by atoms with Crippen molar-refractivity contribution in [3.8, 4) is 5.75 Å². The average Bonchev–Trinajstić information content (AvgIpc) is 2.51. The maximum Gasteiger partial charge on any atom is 0.249 e. The molecule has 0 aliphatic heterocycles. The molecule has 1 unspecified atom stereocenters. The lowest BCUT2D eigenvalue weighted by molar-refractivity contribution is 0.416. The van der Waals surface area contributed by atoms with Crippen LogP contribution in [-0.4, -0.2) is 28.3 Å².